The van der Waals surface area contributed by atoms with Crippen LogP contribution in [0.4, 0.5) is 0 Å². The van der Waals surface area contributed by atoms with E-state index in [-0.39, 0.29) is 17.5 Å². The van der Waals surface area contributed by atoms with Gasteiger partial charge in [0.2, 0.25) is 0 Å². The number of aliphatic hydroxyl groups excluding tert-OH is 1. The van der Waals surface area contributed by atoms with Crippen molar-refractivity contribution in [2.75, 3.05) is 0 Å². The standard InChI is InChI=1S/C16H18O2S/c1-16(2)6-5-12-14(8-16)19-13-7-10(9-17)3-4-11(13)15(12)18/h3-4,7,17H,5-6,8-9H2,1-2H3. The topological polar surface area (TPSA) is 37.3 Å². The van der Waals surface area contributed by atoms with Crippen LogP contribution in [0.2, 0.25) is 0 Å². The lowest BCUT2D eigenvalue weighted by molar-refractivity contribution is 0.282. The summed E-state index contributed by atoms with van der Waals surface area (Å²) in [6.45, 7) is 4.56. The van der Waals surface area contributed by atoms with E-state index in [9.17, 15) is 9.90 Å². The molecule has 1 aromatic heterocycles. The van der Waals surface area contributed by atoms with E-state index in [0.29, 0.717) is 0 Å². The maximum atomic E-state index is 12.5. The van der Waals surface area contributed by atoms with Gasteiger partial charge < -0.3 is 5.11 Å². The molecule has 2 aromatic rings. The van der Waals surface area contributed by atoms with Crippen LogP contribution in [0.5, 0.6) is 0 Å². The molecule has 0 saturated carbocycles. The highest BCUT2D eigenvalue weighted by Gasteiger charge is 2.27. The predicted octanol–water partition coefficient (Wildman–Crippen LogP) is 3.27. The third-order valence-corrected chi connectivity index (χ3v) is 5.20. The molecular formula is C16H18O2S. The van der Waals surface area contributed by atoms with Crippen LogP contribution < -0.4 is 5.43 Å². The quantitative estimate of drug-likeness (QED) is 0.866. The summed E-state index contributed by atoms with van der Waals surface area (Å²) < 4.78 is 1.01. The molecule has 0 saturated heterocycles. The first-order chi connectivity index (χ1) is 9.00. The summed E-state index contributed by atoms with van der Waals surface area (Å²) >= 11 is 1.72. The maximum absolute atomic E-state index is 12.5. The molecule has 1 aromatic carbocycles. The lowest BCUT2D eigenvalue weighted by Crippen LogP contribution is -2.26. The second-order valence-corrected chi connectivity index (χ2v) is 7.30. The second kappa shape index (κ2) is 4.43. The van der Waals surface area contributed by atoms with Gasteiger partial charge in [0.1, 0.15) is 0 Å². The number of fused-ring (bicyclic) bond motifs is 2. The average molecular weight is 274 g/mol. The van der Waals surface area contributed by atoms with Crippen molar-refractivity contribution in [2.24, 2.45) is 5.41 Å². The van der Waals surface area contributed by atoms with Crippen molar-refractivity contribution in [3.05, 3.63) is 44.4 Å². The average Bonchev–Trinajstić information content (AvgIpc) is 2.36. The summed E-state index contributed by atoms with van der Waals surface area (Å²) in [6.07, 6.45) is 2.97. The van der Waals surface area contributed by atoms with Gasteiger partial charge in [-0.25, -0.2) is 0 Å². The molecule has 0 atom stereocenters. The molecule has 3 heteroatoms. The van der Waals surface area contributed by atoms with Gasteiger partial charge in [-0.2, -0.15) is 0 Å². The minimum Gasteiger partial charge on any atom is -0.392 e. The summed E-state index contributed by atoms with van der Waals surface area (Å²) in [5.41, 5.74) is 2.38. The van der Waals surface area contributed by atoms with Crippen molar-refractivity contribution in [3.63, 3.8) is 0 Å². The van der Waals surface area contributed by atoms with Gasteiger partial charge in [-0.15, -0.1) is 11.3 Å². The molecule has 0 bridgehead atoms. The Labute approximate surface area is 116 Å². The SMILES string of the molecule is CC1(C)CCc2c(sc3cc(CO)ccc3c2=O)C1. The van der Waals surface area contributed by atoms with Crippen LogP contribution in [-0.2, 0) is 19.4 Å². The predicted molar refractivity (Wildman–Crippen MR) is 79.8 cm³/mol. The highest BCUT2D eigenvalue weighted by Crippen LogP contribution is 2.37. The lowest BCUT2D eigenvalue weighted by Gasteiger charge is -2.30. The molecular weight excluding hydrogens is 256 g/mol. The van der Waals surface area contributed by atoms with Crippen molar-refractivity contribution in [1.29, 1.82) is 0 Å². The number of aliphatic hydroxyl groups is 1. The zero-order valence-corrected chi connectivity index (χ0v) is 12.1. The molecule has 100 valence electrons. The van der Waals surface area contributed by atoms with Crippen molar-refractivity contribution in [2.45, 2.75) is 39.7 Å². The van der Waals surface area contributed by atoms with Crippen LogP contribution in [0.1, 0.15) is 36.3 Å². The van der Waals surface area contributed by atoms with Gasteiger partial charge in [-0.05, 0) is 42.4 Å². The van der Waals surface area contributed by atoms with E-state index in [2.05, 4.69) is 13.8 Å². The molecule has 1 aliphatic carbocycles. The molecule has 1 heterocycles. The molecule has 3 rings (SSSR count). The van der Waals surface area contributed by atoms with E-state index in [1.54, 1.807) is 11.3 Å². The van der Waals surface area contributed by atoms with E-state index in [1.807, 2.05) is 18.2 Å². The van der Waals surface area contributed by atoms with Crippen LogP contribution in [0.3, 0.4) is 0 Å². The smallest absolute Gasteiger partial charge is 0.191 e. The van der Waals surface area contributed by atoms with Crippen LogP contribution in [0.25, 0.3) is 10.1 Å². The molecule has 0 radical (unpaired) electrons. The fourth-order valence-corrected chi connectivity index (χ4v) is 4.33. The van der Waals surface area contributed by atoms with Gasteiger partial charge in [0.15, 0.2) is 5.43 Å². The van der Waals surface area contributed by atoms with Crippen LogP contribution in [0.15, 0.2) is 23.0 Å². The number of hydrogen-bond donors (Lipinski definition) is 1. The Bertz CT molecular complexity index is 698. The summed E-state index contributed by atoms with van der Waals surface area (Å²) in [5.74, 6) is 0. The molecule has 1 N–H and O–H groups in total. The second-order valence-electron chi connectivity index (χ2n) is 6.16. The van der Waals surface area contributed by atoms with Crippen molar-refractivity contribution < 1.29 is 5.11 Å². The summed E-state index contributed by atoms with van der Waals surface area (Å²) in [6, 6.07) is 5.65. The number of rotatable bonds is 1. The minimum atomic E-state index is 0.0272. The van der Waals surface area contributed by atoms with Crippen LogP contribution in [0, 0.1) is 5.41 Å². The maximum Gasteiger partial charge on any atom is 0.191 e. The molecule has 0 amide bonds. The highest BCUT2D eigenvalue weighted by atomic mass is 32.1. The van der Waals surface area contributed by atoms with Gasteiger partial charge in [0, 0.05) is 20.5 Å². The zero-order chi connectivity index (χ0) is 13.6. The first-order valence-corrected chi connectivity index (χ1v) is 7.50. The zero-order valence-electron chi connectivity index (χ0n) is 11.3. The fourth-order valence-electron chi connectivity index (χ4n) is 2.80. The van der Waals surface area contributed by atoms with Crippen molar-refractivity contribution >= 4 is 21.4 Å². The van der Waals surface area contributed by atoms with Gasteiger partial charge in [-0.3, -0.25) is 4.79 Å². The Balaban J connectivity index is 2.25. The molecule has 0 aliphatic heterocycles. The Morgan fingerprint density at radius 1 is 1.37 bits per heavy atom. The molecule has 1 aliphatic rings. The van der Waals surface area contributed by atoms with Gasteiger partial charge in [0.05, 0.1) is 6.61 Å². The molecule has 2 nitrogen and oxygen atoms in total. The Kier molecular flexibility index (Phi) is 2.99. The van der Waals surface area contributed by atoms with Crippen molar-refractivity contribution in [1.82, 2.24) is 0 Å². The van der Waals surface area contributed by atoms with Gasteiger partial charge in [-0.1, -0.05) is 19.9 Å². The Hall–Kier alpha value is -1.19. The first kappa shape index (κ1) is 12.8. The summed E-state index contributed by atoms with van der Waals surface area (Å²) in [7, 11) is 0. The van der Waals surface area contributed by atoms with E-state index < -0.39 is 0 Å². The normalized spacial score (nSPS) is 17.4. The fraction of sp³-hybridized carbons (Fsp3) is 0.438. The van der Waals surface area contributed by atoms with E-state index in [1.165, 1.54) is 4.88 Å². The third-order valence-electron chi connectivity index (χ3n) is 4.01. The highest BCUT2D eigenvalue weighted by molar-refractivity contribution is 7.18. The number of benzene rings is 1. The number of hydrogen-bond acceptors (Lipinski definition) is 3. The molecule has 0 fully saturated rings. The van der Waals surface area contributed by atoms with Crippen LogP contribution in [-0.4, -0.2) is 5.11 Å². The Morgan fingerprint density at radius 2 is 2.16 bits per heavy atom. The van der Waals surface area contributed by atoms with Crippen molar-refractivity contribution in [3.8, 4) is 0 Å². The Morgan fingerprint density at radius 3 is 2.89 bits per heavy atom. The molecule has 0 spiro atoms. The lowest BCUT2D eigenvalue weighted by atomic mass is 9.77. The van der Waals surface area contributed by atoms with Crippen LogP contribution >= 0.6 is 11.3 Å². The largest absolute Gasteiger partial charge is 0.392 e. The molecule has 0 unspecified atom stereocenters. The van der Waals surface area contributed by atoms with Gasteiger partial charge >= 0.3 is 0 Å². The molecule has 19 heavy (non-hydrogen) atoms. The summed E-state index contributed by atoms with van der Waals surface area (Å²) in [4.78, 5) is 13.8. The monoisotopic (exact) mass is 274 g/mol. The van der Waals surface area contributed by atoms with E-state index in [0.717, 1.165) is 40.5 Å². The van der Waals surface area contributed by atoms with Gasteiger partial charge in [0.25, 0.3) is 0 Å². The van der Waals surface area contributed by atoms with E-state index >= 15 is 0 Å². The summed E-state index contributed by atoms with van der Waals surface area (Å²) in [5, 5.41) is 10.0. The third kappa shape index (κ3) is 2.21. The van der Waals surface area contributed by atoms with E-state index in [4.69, 9.17) is 0 Å². The minimum absolute atomic E-state index is 0.0272. The first-order valence-electron chi connectivity index (χ1n) is 6.68.